The number of H-pyrrole nitrogens is 2. The van der Waals surface area contributed by atoms with E-state index >= 15 is 0 Å². The van der Waals surface area contributed by atoms with E-state index in [4.69, 9.17) is 18.9 Å². The molecule has 4 rings (SSSR count). The number of ether oxygens (including phenoxy) is 4. The topological polar surface area (TPSA) is 68.5 Å². The predicted molar refractivity (Wildman–Crippen MR) is 118 cm³/mol. The number of hydrogen-bond donors (Lipinski definition) is 2. The van der Waals surface area contributed by atoms with Gasteiger partial charge in [-0.15, -0.1) is 0 Å². The van der Waals surface area contributed by atoms with Gasteiger partial charge in [0.1, 0.15) is 11.4 Å². The van der Waals surface area contributed by atoms with Crippen LogP contribution in [0.5, 0.6) is 23.0 Å². The Morgan fingerprint density at radius 3 is 1.03 bits per heavy atom. The van der Waals surface area contributed by atoms with Gasteiger partial charge in [0.15, 0.2) is 23.0 Å². The minimum absolute atomic E-state index is 0.582. The average molecular weight is 404 g/mol. The first-order valence-corrected chi connectivity index (χ1v) is 9.52. The van der Waals surface area contributed by atoms with Gasteiger partial charge in [-0.2, -0.15) is 0 Å². The molecule has 0 aliphatic heterocycles. The monoisotopic (exact) mass is 404 g/mol. The van der Waals surface area contributed by atoms with E-state index in [1.165, 1.54) is 0 Å². The highest BCUT2D eigenvalue weighted by molar-refractivity contribution is 5.87. The molecular formula is C24H24N2O4. The minimum atomic E-state index is 0.582. The lowest BCUT2D eigenvalue weighted by Gasteiger charge is -2.07. The lowest BCUT2D eigenvalue weighted by molar-refractivity contribution is 0.356. The van der Waals surface area contributed by atoms with Crippen LogP contribution in [0, 0.1) is 0 Å². The molecule has 0 aliphatic rings. The molecule has 2 aromatic carbocycles. The number of methoxy groups -OCH3 is 4. The lowest BCUT2D eigenvalue weighted by atomic mass is 10.1. The van der Waals surface area contributed by atoms with Crippen LogP contribution >= 0.6 is 0 Å². The summed E-state index contributed by atoms with van der Waals surface area (Å²) in [5, 5.41) is 0. The Morgan fingerprint density at radius 1 is 0.433 bits per heavy atom. The Hall–Kier alpha value is -3.80. The number of aromatic nitrogens is 2. The van der Waals surface area contributed by atoms with Crippen molar-refractivity contribution in [2.45, 2.75) is 0 Å². The molecule has 2 heterocycles. The first-order chi connectivity index (χ1) is 14.7. The number of hydrogen-bond acceptors (Lipinski definition) is 4. The van der Waals surface area contributed by atoms with E-state index in [-0.39, 0.29) is 0 Å². The SMILES string of the molecule is COc1c(-c2ccccc2)[nH]c(-c2[nH]c(-c3ccccc3)c(OC)c2OC)c1OC. The molecule has 0 atom stereocenters. The number of nitrogens with one attached hydrogen (secondary N) is 2. The molecule has 6 heteroatoms. The van der Waals surface area contributed by atoms with Gasteiger partial charge >= 0.3 is 0 Å². The first-order valence-electron chi connectivity index (χ1n) is 9.52. The van der Waals surface area contributed by atoms with Crippen LogP contribution in [0.15, 0.2) is 60.7 Å². The van der Waals surface area contributed by atoms with Crippen LogP contribution in [0.3, 0.4) is 0 Å². The Morgan fingerprint density at radius 2 is 0.733 bits per heavy atom. The zero-order chi connectivity index (χ0) is 21.1. The molecule has 0 radical (unpaired) electrons. The maximum atomic E-state index is 5.74. The zero-order valence-corrected chi connectivity index (χ0v) is 17.4. The van der Waals surface area contributed by atoms with Gasteiger partial charge in [0.25, 0.3) is 0 Å². The molecule has 0 saturated heterocycles. The van der Waals surface area contributed by atoms with E-state index in [9.17, 15) is 0 Å². The molecule has 2 aromatic heterocycles. The van der Waals surface area contributed by atoms with Crippen molar-refractivity contribution in [1.29, 1.82) is 0 Å². The lowest BCUT2D eigenvalue weighted by Crippen LogP contribution is -1.91. The van der Waals surface area contributed by atoms with Crippen molar-refractivity contribution in [3.63, 3.8) is 0 Å². The predicted octanol–water partition coefficient (Wildman–Crippen LogP) is 5.38. The molecule has 0 aliphatic carbocycles. The normalized spacial score (nSPS) is 10.7. The molecule has 2 N–H and O–H groups in total. The molecule has 0 fully saturated rings. The van der Waals surface area contributed by atoms with Crippen LogP contribution < -0.4 is 18.9 Å². The third-order valence-electron chi connectivity index (χ3n) is 5.01. The molecule has 30 heavy (non-hydrogen) atoms. The van der Waals surface area contributed by atoms with Gasteiger partial charge in [0.2, 0.25) is 0 Å². The van der Waals surface area contributed by atoms with Crippen molar-refractivity contribution < 1.29 is 18.9 Å². The summed E-state index contributed by atoms with van der Waals surface area (Å²) in [6.07, 6.45) is 0. The highest BCUT2D eigenvalue weighted by Crippen LogP contribution is 2.51. The maximum absolute atomic E-state index is 5.74. The molecule has 0 spiro atoms. The standard InChI is InChI=1S/C24H24N2O4/c1-27-21-17(15-11-7-5-8-12-15)25-19(23(21)29-3)20-24(30-4)22(28-2)18(26-20)16-13-9-6-10-14-16/h5-14,25-26H,1-4H3. The van der Waals surface area contributed by atoms with E-state index in [1.54, 1.807) is 28.4 Å². The Labute approximate surface area is 175 Å². The molecule has 0 saturated carbocycles. The van der Waals surface area contributed by atoms with Gasteiger partial charge in [-0.25, -0.2) is 0 Å². The molecule has 0 bridgehead atoms. The zero-order valence-electron chi connectivity index (χ0n) is 17.4. The van der Waals surface area contributed by atoms with Crippen molar-refractivity contribution >= 4 is 0 Å². The highest BCUT2D eigenvalue weighted by atomic mass is 16.5. The number of benzene rings is 2. The Kier molecular flexibility index (Phi) is 5.39. The molecule has 0 unspecified atom stereocenters. The highest BCUT2D eigenvalue weighted by Gasteiger charge is 2.28. The van der Waals surface area contributed by atoms with E-state index in [1.807, 2.05) is 60.7 Å². The number of aromatic amines is 2. The molecule has 6 nitrogen and oxygen atoms in total. The van der Waals surface area contributed by atoms with Crippen LogP contribution in [0.1, 0.15) is 0 Å². The van der Waals surface area contributed by atoms with E-state index in [0.717, 1.165) is 22.5 Å². The third-order valence-corrected chi connectivity index (χ3v) is 5.01. The fourth-order valence-corrected chi connectivity index (χ4v) is 3.68. The second-order valence-corrected chi connectivity index (χ2v) is 6.62. The van der Waals surface area contributed by atoms with Gasteiger partial charge in [-0.3, -0.25) is 0 Å². The van der Waals surface area contributed by atoms with Crippen LogP contribution in [0.25, 0.3) is 33.9 Å². The Bertz CT molecular complexity index is 1040. The second-order valence-electron chi connectivity index (χ2n) is 6.62. The third kappa shape index (κ3) is 3.16. The van der Waals surface area contributed by atoms with Crippen molar-refractivity contribution in [3.8, 4) is 56.9 Å². The van der Waals surface area contributed by atoms with Gasteiger partial charge in [-0.1, -0.05) is 60.7 Å². The van der Waals surface area contributed by atoms with Gasteiger partial charge in [0, 0.05) is 11.1 Å². The van der Waals surface area contributed by atoms with Crippen molar-refractivity contribution in [1.82, 2.24) is 9.97 Å². The smallest absolute Gasteiger partial charge is 0.188 e. The van der Waals surface area contributed by atoms with Gasteiger partial charge < -0.3 is 28.9 Å². The molecular weight excluding hydrogens is 380 g/mol. The molecule has 154 valence electrons. The van der Waals surface area contributed by atoms with Crippen LogP contribution in [0.4, 0.5) is 0 Å². The summed E-state index contributed by atoms with van der Waals surface area (Å²) in [5.41, 5.74) is 5.04. The molecule has 4 aromatic rings. The minimum Gasteiger partial charge on any atom is -0.491 e. The van der Waals surface area contributed by atoms with Crippen molar-refractivity contribution in [2.75, 3.05) is 28.4 Å². The summed E-state index contributed by atoms with van der Waals surface area (Å²) in [6, 6.07) is 19.9. The van der Waals surface area contributed by atoms with E-state index < -0.39 is 0 Å². The second kappa shape index (κ2) is 8.29. The summed E-state index contributed by atoms with van der Waals surface area (Å²) < 4.78 is 22.9. The summed E-state index contributed by atoms with van der Waals surface area (Å²) >= 11 is 0. The molecule has 0 amide bonds. The van der Waals surface area contributed by atoms with Crippen LogP contribution in [0.2, 0.25) is 0 Å². The summed E-state index contributed by atoms with van der Waals surface area (Å²) in [4.78, 5) is 6.92. The first kappa shape index (κ1) is 19.5. The summed E-state index contributed by atoms with van der Waals surface area (Å²) in [6.45, 7) is 0. The van der Waals surface area contributed by atoms with Crippen molar-refractivity contribution in [3.05, 3.63) is 60.7 Å². The van der Waals surface area contributed by atoms with Crippen molar-refractivity contribution in [2.24, 2.45) is 0 Å². The summed E-state index contributed by atoms with van der Waals surface area (Å²) in [5.74, 6) is 2.41. The van der Waals surface area contributed by atoms with E-state index in [2.05, 4.69) is 9.97 Å². The van der Waals surface area contributed by atoms with Crippen LogP contribution in [-0.2, 0) is 0 Å². The van der Waals surface area contributed by atoms with Gasteiger partial charge in [0.05, 0.1) is 39.8 Å². The maximum Gasteiger partial charge on any atom is 0.188 e. The quantitative estimate of drug-likeness (QED) is 0.434. The summed E-state index contributed by atoms with van der Waals surface area (Å²) in [7, 11) is 6.50. The number of rotatable bonds is 7. The largest absolute Gasteiger partial charge is 0.491 e. The average Bonchev–Trinajstić information content (AvgIpc) is 3.37. The fraction of sp³-hybridized carbons (Fsp3) is 0.167. The van der Waals surface area contributed by atoms with E-state index in [0.29, 0.717) is 34.4 Å². The fourth-order valence-electron chi connectivity index (χ4n) is 3.68. The van der Waals surface area contributed by atoms with Crippen LogP contribution in [-0.4, -0.2) is 38.4 Å². The Balaban J connectivity index is 1.97. The van der Waals surface area contributed by atoms with Gasteiger partial charge in [-0.05, 0) is 0 Å².